The summed E-state index contributed by atoms with van der Waals surface area (Å²) in [4.78, 5) is 14.0. The van der Waals surface area contributed by atoms with E-state index >= 15 is 0 Å². The van der Waals surface area contributed by atoms with Crippen LogP contribution in [-0.4, -0.2) is 58.0 Å². The number of benzene rings is 1. The van der Waals surface area contributed by atoms with Crippen molar-refractivity contribution in [2.24, 2.45) is 0 Å². The minimum atomic E-state index is -3.41. The van der Waals surface area contributed by atoms with E-state index in [0.717, 1.165) is 0 Å². The van der Waals surface area contributed by atoms with Gasteiger partial charge in [-0.2, -0.15) is 4.31 Å². The maximum absolute atomic E-state index is 12.6. The molecule has 8 heteroatoms. The Hall–Kier alpha value is -1.74. The van der Waals surface area contributed by atoms with Gasteiger partial charge in [0.1, 0.15) is 18.0 Å². The number of carbonyl (C=O) groups is 1. The standard InChI is InChI=1S/C17H20N2O4S2/c20-17(16-7-4-14-24-16)23-13-12-18-8-10-19(11-9-18)25(21,22)15-5-2-1-3-6-15/h1-7,14H,8-13H2/p+1. The van der Waals surface area contributed by atoms with Gasteiger partial charge in [-0.1, -0.05) is 24.3 Å². The average molecular weight is 381 g/mol. The topological polar surface area (TPSA) is 68.1 Å². The first-order valence-corrected chi connectivity index (χ1v) is 10.5. The zero-order chi connectivity index (χ0) is 17.7. The Bertz CT molecular complexity index is 783. The molecule has 2 heterocycles. The zero-order valence-corrected chi connectivity index (χ0v) is 15.4. The molecule has 2 aromatic rings. The van der Waals surface area contributed by atoms with Gasteiger partial charge in [0.05, 0.1) is 31.1 Å². The molecule has 0 unspecified atom stereocenters. The number of rotatable bonds is 6. The summed E-state index contributed by atoms with van der Waals surface area (Å²) in [7, 11) is -3.41. The fraction of sp³-hybridized carbons (Fsp3) is 0.353. The van der Waals surface area contributed by atoms with Crippen molar-refractivity contribution in [2.75, 3.05) is 39.3 Å². The van der Waals surface area contributed by atoms with Crippen molar-refractivity contribution in [3.05, 3.63) is 52.7 Å². The largest absolute Gasteiger partial charge is 0.456 e. The van der Waals surface area contributed by atoms with Gasteiger partial charge in [-0.3, -0.25) is 0 Å². The van der Waals surface area contributed by atoms with E-state index < -0.39 is 10.0 Å². The summed E-state index contributed by atoms with van der Waals surface area (Å²) in [5.74, 6) is -0.292. The van der Waals surface area contributed by atoms with Crippen LogP contribution in [-0.2, 0) is 14.8 Å². The highest BCUT2D eigenvalue weighted by molar-refractivity contribution is 7.89. The molecule has 1 saturated heterocycles. The van der Waals surface area contributed by atoms with E-state index in [4.69, 9.17) is 4.74 Å². The van der Waals surface area contributed by atoms with Gasteiger partial charge in [-0.15, -0.1) is 11.3 Å². The number of nitrogens with zero attached hydrogens (tertiary/aromatic N) is 1. The summed E-state index contributed by atoms with van der Waals surface area (Å²) in [5, 5.41) is 1.84. The third-order valence-electron chi connectivity index (χ3n) is 4.22. The molecule has 25 heavy (non-hydrogen) atoms. The van der Waals surface area contributed by atoms with Gasteiger partial charge in [-0.05, 0) is 23.6 Å². The first kappa shape index (κ1) is 18.1. The number of thiophene rings is 1. The maximum Gasteiger partial charge on any atom is 0.348 e. The fourth-order valence-electron chi connectivity index (χ4n) is 2.79. The number of hydrogen-bond donors (Lipinski definition) is 1. The highest BCUT2D eigenvalue weighted by atomic mass is 32.2. The van der Waals surface area contributed by atoms with Crippen LogP contribution in [0.5, 0.6) is 0 Å². The number of quaternary nitrogens is 1. The Morgan fingerprint density at radius 2 is 1.84 bits per heavy atom. The van der Waals surface area contributed by atoms with E-state index in [2.05, 4.69) is 0 Å². The highest BCUT2D eigenvalue weighted by Crippen LogP contribution is 2.14. The zero-order valence-electron chi connectivity index (χ0n) is 13.8. The monoisotopic (exact) mass is 381 g/mol. The third kappa shape index (κ3) is 4.46. The van der Waals surface area contributed by atoms with Crippen molar-refractivity contribution < 1.29 is 22.8 Å². The normalized spacial score (nSPS) is 16.6. The van der Waals surface area contributed by atoms with E-state index in [0.29, 0.717) is 49.1 Å². The SMILES string of the molecule is O=C(OCC[NH+]1CCN(S(=O)(=O)c2ccccc2)CC1)c1cccs1. The first-order chi connectivity index (χ1) is 12.1. The van der Waals surface area contributed by atoms with Gasteiger partial charge in [0.2, 0.25) is 10.0 Å². The molecule has 0 saturated carbocycles. The van der Waals surface area contributed by atoms with E-state index in [1.807, 2.05) is 11.4 Å². The van der Waals surface area contributed by atoms with Crippen LogP contribution in [0, 0.1) is 0 Å². The number of sulfonamides is 1. The molecule has 1 aliphatic heterocycles. The Morgan fingerprint density at radius 3 is 2.48 bits per heavy atom. The van der Waals surface area contributed by atoms with Crippen LogP contribution >= 0.6 is 11.3 Å². The number of hydrogen-bond acceptors (Lipinski definition) is 5. The van der Waals surface area contributed by atoms with E-state index in [9.17, 15) is 13.2 Å². The van der Waals surface area contributed by atoms with E-state index in [1.165, 1.54) is 20.5 Å². The molecular formula is C17H21N2O4S2+. The molecule has 1 aromatic carbocycles. The number of ether oxygens (including phenoxy) is 1. The van der Waals surface area contributed by atoms with Crippen LogP contribution in [0.4, 0.5) is 0 Å². The van der Waals surface area contributed by atoms with E-state index in [1.54, 1.807) is 36.4 Å². The fourth-order valence-corrected chi connectivity index (χ4v) is 4.87. The summed E-state index contributed by atoms with van der Waals surface area (Å²) in [5.41, 5.74) is 0. The summed E-state index contributed by atoms with van der Waals surface area (Å²) >= 11 is 1.36. The lowest BCUT2D eigenvalue weighted by atomic mass is 10.3. The first-order valence-electron chi connectivity index (χ1n) is 8.17. The number of nitrogens with one attached hydrogen (secondary N) is 1. The van der Waals surface area contributed by atoms with Gasteiger partial charge < -0.3 is 9.64 Å². The quantitative estimate of drug-likeness (QED) is 0.740. The lowest BCUT2D eigenvalue weighted by molar-refractivity contribution is -0.903. The van der Waals surface area contributed by atoms with Gasteiger partial charge in [-0.25, -0.2) is 13.2 Å². The van der Waals surface area contributed by atoms with Gasteiger partial charge >= 0.3 is 5.97 Å². The molecule has 0 atom stereocenters. The van der Waals surface area contributed by atoms with Crippen molar-refractivity contribution in [3.8, 4) is 0 Å². The second-order valence-electron chi connectivity index (χ2n) is 5.83. The van der Waals surface area contributed by atoms with Crippen LogP contribution in [0.1, 0.15) is 9.67 Å². The third-order valence-corrected chi connectivity index (χ3v) is 6.98. The molecule has 1 N–H and O–H groups in total. The molecule has 0 aliphatic carbocycles. The molecule has 1 aromatic heterocycles. The lowest BCUT2D eigenvalue weighted by Gasteiger charge is -2.31. The summed E-state index contributed by atoms with van der Waals surface area (Å²) in [6.07, 6.45) is 0. The molecule has 0 radical (unpaired) electrons. The molecule has 0 amide bonds. The van der Waals surface area contributed by atoms with Gasteiger partial charge in [0.15, 0.2) is 0 Å². The summed E-state index contributed by atoms with van der Waals surface area (Å²) in [6.45, 7) is 3.41. The maximum atomic E-state index is 12.6. The average Bonchev–Trinajstić information content (AvgIpc) is 3.18. The van der Waals surface area contributed by atoms with Crippen molar-refractivity contribution in [3.63, 3.8) is 0 Å². The predicted molar refractivity (Wildman–Crippen MR) is 95.4 cm³/mol. The Balaban J connectivity index is 1.45. The molecule has 1 aliphatic rings. The Morgan fingerprint density at radius 1 is 1.12 bits per heavy atom. The van der Waals surface area contributed by atoms with Crippen molar-refractivity contribution in [1.82, 2.24) is 4.31 Å². The number of carbonyl (C=O) groups excluding carboxylic acids is 1. The van der Waals surface area contributed by atoms with Gasteiger partial charge in [0, 0.05) is 0 Å². The Labute approximate surface area is 151 Å². The lowest BCUT2D eigenvalue weighted by Crippen LogP contribution is -3.15. The Kier molecular flexibility index (Phi) is 5.85. The molecule has 3 rings (SSSR count). The molecule has 134 valence electrons. The number of piperazine rings is 1. The predicted octanol–water partition coefficient (Wildman–Crippen LogP) is 0.494. The molecule has 0 bridgehead atoms. The van der Waals surface area contributed by atoms with Crippen molar-refractivity contribution >= 4 is 27.3 Å². The highest BCUT2D eigenvalue weighted by Gasteiger charge is 2.30. The van der Waals surface area contributed by atoms with Crippen LogP contribution in [0.15, 0.2) is 52.7 Å². The minimum Gasteiger partial charge on any atom is -0.456 e. The minimum absolute atomic E-state index is 0.292. The van der Waals surface area contributed by atoms with Crippen molar-refractivity contribution in [2.45, 2.75) is 4.90 Å². The van der Waals surface area contributed by atoms with Crippen LogP contribution in [0.3, 0.4) is 0 Å². The second kappa shape index (κ2) is 8.09. The van der Waals surface area contributed by atoms with Crippen LogP contribution in [0.2, 0.25) is 0 Å². The van der Waals surface area contributed by atoms with Crippen LogP contribution < -0.4 is 4.90 Å². The van der Waals surface area contributed by atoms with Crippen molar-refractivity contribution in [1.29, 1.82) is 0 Å². The smallest absolute Gasteiger partial charge is 0.348 e. The van der Waals surface area contributed by atoms with E-state index in [-0.39, 0.29) is 5.97 Å². The second-order valence-corrected chi connectivity index (χ2v) is 8.72. The number of esters is 1. The summed E-state index contributed by atoms with van der Waals surface area (Å²) in [6, 6.07) is 12.1. The van der Waals surface area contributed by atoms with Crippen LogP contribution in [0.25, 0.3) is 0 Å². The molecular weight excluding hydrogens is 360 g/mol. The molecule has 6 nitrogen and oxygen atoms in total. The summed E-state index contributed by atoms with van der Waals surface area (Å²) < 4.78 is 32.0. The molecule has 0 spiro atoms. The molecule has 1 fully saturated rings. The van der Waals surface area contributed by atoms with Gasteiger partial charge in [0.25, 0.3) is 0 Å².